The van der Waals surface area contributed by atoms with Crippen molar-refractivity contribution in [2.45, 2.75) is 13.0 Å². The predicted molar refractivity (Wildman–Crippen MR) is 105 cm³/mol. The van der Waals surface area contributed by atoms with Crippen LogP contribution in [0.2, 0.25) is 0 Å². The molecule has 0 aliphatic heterocycles. The van der Waals surface area contributed by atoms with Crippen LogP contribution in [0, 0.1) is 0 Å². The number of benzene rings is 1. The van der Waals surface area contributed by atoms with Crippen molar-refractivity contribution in [1.82, 2.24) is 20.2 Å². The smallest absolute Gasteiger partial charge is 0.193 e. The van der Waals surface area contributed by atoms with Gasteiger partial charge < -0.3 is 15.2 Å². The number of H-pyrrole nitrogens is 1. The summed E-state index contributed by atoms with van der Waals surface area (Å²) in [6, 6.07) is 14.5. The minimum Gasteiger partial charge on any atom is -0.349 e. The minimum absolute atomic E-state index is 0.614. The van der Waals surface area contributed by atoms with Gasteiger partial charge in [0, 0.05) is 25.5 Å². The van der Waals surface area contributed by atoms with Gasteiger partial charge in [0.2, 0.25) is 0 Å². The van der Waals surface area contributed by atoms with E-state index in [4.69, 9.17) is 0 Å². The SMILES string of the molecule is CN=C(NCc1ncc(-c2ccccc2)[nH]1)N(C)CCc1cccs1. The molecular weight excluding hydrogens is 330 g/mol. The third-order valence-corrected chi connectivity index (χ3v) is 4.91. The van der Waals surface area contributed by atoms with Gasteiger partial charge in [-0.1, -0.05) is 36.4 Å². The van der Waals surface area contributed by atoms with Gasteiger partial charge in [-0.15, -0.1) is 11.3 Å². The predicted octanol–water partition coefficient (Wildman–Crippen LogP) is 3.39. The van der Waals surface area contributed by atoms with Crippen molar-refractivity contribution in [3.05, 3.63) is 64.7 Å². The number of guanidine groups is 1. The summed E-state index contributed by atoms with van der Waals surface area (Å²) in [5.74, 6) is 1.76. The molecule has 0 saturated heterocycles. The molecule has 6 heteroatoms. The van der Waals surface area contributed by atoms with E-state index in [1.807, 2.05) is 31.4 Å². The summed E-state index contributed by atoms with van der Waals surface area (Å²) in [4.78, 5) is 15.7. The molecule has 2 N–H and O–H groups in total. The number of nitrogens with one attached hydrogen (secondary N) is 2. The van der Waals surface area contributed by atoms with Crippen molar-refractivity contribution in [2.24, 2.45) is 4.99 Å². The van der Waals surface area contributed by atoms with E-state index in [9.17, 15) is 0 Å². The largest absolute Gasteiger partial charge is 0.349 e. The molecule has 0 unspecified atom stereocenters. The molecule has 3 aromatic rings. The second kappa shape index (κ2) is 8.48. The topological polar surface area (TPSA) is 56.3 Å². The van der Waals surface area contributed by atoms with E-state index >= 15 is 0 Å². The summed E-state index contributed by atoms with van der Waals surface area (Å²) in [7, 11) is 3.86. The second-order valence-electron chi connectivity index (χ2n) is 5.76. The van der Waals surface area contributed by atoms with Crippen molar-refractivity contribution in [2.75, 3.05) is 20.6 Å². The molecule has 0 aliphatic carbocycles. The molecule has 0 amide bonds. The average molecular weight is 353 g/mol. The van der Waals surface area contributed by atoms with Crippen molar-refractivity contribution < 1.29 is 0 Å². The fourth-order valence-electron chi connectivity index (χ4n) is 2.60. The lowest BCUT2D eigenvalue weighted by Gasteiger charge is -2.21. The Kier molecular flexibility index (Phi) is 5.85. The number of likely N-dealkylation sites (N-methyl/N-ethyl adjacent to an activating group) is 1. The number of hydrogen-bond acceptors (Lipinski definition) is 3. The summed E-state index contributed by atoms with van der Waals surface area (Å²) >= 11 is 1.79. The van der Waals surface area contributed by atoms with Crippen LogP contribution < -0.4 is 5.32 Å². The monoisotopic (exact) mass is 353 g/mol. The first-order chi connectivity index (χ1) is 12.3. The summed E-state index contributed by atoms with van der Waals surface area (Å²) in [6.45, 7) is 1.54. The van der Waals surface area contributed by atoms with Gasteiger partial charge in [0.15, 0.2) is 5.96 Å². The first kappa shape index (κ1) is 17.2. The van der Waals surface area contributed by atoms with Crippen LogP contribution in [0.5, 0.6) is 0 Å². The molecule has 3 rings (SSSR count). The molecule has 130 valence electrons. The average Bonchev–Trinajstić information content (AvgIpc) is 3.33. The van der Waals surface area contributed by atoms with Crippen LogP contribution in [0.25, 0.3) is 11.3 Å². The van der Waals surface area contributed by atoms with Gasteiger partial charge in [0.05, 0.1) is 18.4 Å². The lowest BCUT2D eigenvalue weighted by Crippen LogP contribution is -2.39. The van der Waals surface area contributed by atoms with E-state index in [0.29, 0.717) is 6.54 Å². The van der Waals surface area contributed by atoms with Gasteiger partial charge in [0.1, 0.15) is 5.82 Å². The van der Waals surface area contributed by atoms with E-state index < -0.39 is 0 Å². The van der Waals surface area contributed by atoms with Crippen LogP contribution in [0.4, 0.5) is 0 Å². The Morgan fingerprint density at radius 2 is 2.08 bits per heavy atom. The van der Waals surface area contributed by atoms with E-state index in [0.717, 1.165) is 36.0 Å². The molecule has 0 saturated carbocycles. The molecule has 0 atom stereocenters. The molecule has 2 heterocycles. The van der Waals surface area contributed by atoms with E-state index in [1.165, 1.54) is 4.88 Å². The maximum Gasteiger partial charge on any atom is 0.193 e. The van der Waals surface area contributed by atoms with Crippen LogP contribution in [-0.4, -0.2) is 41.5 Å². The van der Waals surface area contributed by atoms with Crippen LogP contribution in [0.3, 0.4) is 0 Å². The molecule has 1 aromatic carbocycles. The Balaban J connectivity index is 1.53. The maximum absolute atomic E-state index is 4.45. The lowest BCUT2D eigenvalue weighted by molar-refractivity contribution is 0.485. The molecule has 0 aliphatic rings. The van der Waals surface area contributed by atoms with Crippen LogP contribution in [-0.2, 0) is 13.0 Å². The zero-order valence-corrected chi connectivity index (χ0v) is 15.4. The van der Waals surface area contributed by atoms with Crippen molar-refractivity contribution in [1.29, 1.82) is 0 Å². The van der Waals surface area contributed by atoms with Gasteiger partial charge in [-0.25, -0.2) is 4.98 Å². The Labute approximate surface area is 152 Å². The standard InChI is InChI=1S/C19H23N5S/c1-20-19(24(2)11-10-16-9-6-12-25-16)22-14-18-21-13-17(23-18)15-7-4-3-5-8-15/h3-9,12-13H,10-11,14H2,1-2H3,(H,20,22)(H,21,23). The molecular formula is C19H23N5S. The fourth-order valence-corrected chi connectivity index (χ4v) is 3.30. The van der Waals surface area contributed by atoms with Crippen LogP contribution in [0.1, 0.15) is 10.7 Å². The lowest BCUT2D eigenvalue weighted by atomic mass is 10.2. The van der Waals surface area contributed by atoms with Crippen LogP contribution in [0.15, 0.2) is 59.0 Å². The zero-order valence-electron chi connectivity index (χ0n) is 14.6. The van der Waals surface area contributed by atoms with Crippen LogP contribution >= 0.6 is 11.3 Å². The maximum atomic E-state index is 4.45. The fraction of sp³-hybridized carbons (Fsp3) is 0.263. The summed E-state index contributed by atoms with van der Waals surface area (Å²) in [5.41, 5.74) is 2.16. The van der Waals surface area contributed by atoms with Gasteiger partial charge >= 0.3 is 0 Å². The Hall–Kier alpha value is -2.60. The zero-order chi connectivity index (χ0) is 17.5. The molecule has 0 radical (unpaired) electrons. The highest BCUT2D eigenvalue weighted by Gasteiger charge is 2.08. The van der Waals surface area contributed by atoms with Crippen molar-refractivity contribution in [3.63, 3.8) is 0 Å². The van der Waals surface area contributed by atoms with E-state index in [-0.39, 0.29) is 0 Å². The molecule has 0 spiro atoms. The van der Waals surface area contributed by atoms with Gasteiger partial charge in [-0.2, -0.15) is 0 Å². The number of aromatic nitrogens is 2. The number of rotatable bonds is 6. The molecule has 0 fully saturated rings. The number of aromatic amines is 1. The quantitative estimate of drug-likeness (QED) is 0.528. The van der Waals surface area contributed by atoms with E-state index in [1.54, 1.807) is 11.3 Å². The number of imidazole rings is 1. The first-order valence-corrected chi connectivity index (χ1v) is 9.17. The highest BCUT2D eigenvalue weighted by atomic mass is 32.1. The van der Waals surface area contributed by atoms with Crippen molar-refractivity contribution in [3.8, 4) is 11.3 Å². The minimum atomic E-state index is 0.614. The summed E-state index contributed by atoms with van der Waals surface area (Å²) in [6.07, 6.45) is 2.89. The third kappa shape index (κ3) is 4.70. The normalized spacial score (nSPS) is 11.5. The summed E-state index contributed by atoms with van der Waals surface area (Å²) in [5, 5.41) is 5.48. The van der Waals surface area contributed by atoms with Gasteiger partial charge in [-0.3, -0.25) is 4.99 Å². The molecule has 2 aromatic heterocycles. The number of nitrogens with zero attached hydrogens (tertiary/aromatic N) is 3. The number of aliphatic imine (C=N–C) groups is 1. The molecule has 25 heavy (non-hydrogen) atoms. The number of hydrogen-bond donors (Lipinski definition) is 2. The first-order valence-electron chi connectivity index (χ1n) is 8.29. The highest BCUT2D eigenvalue weighted by molar-refractivity contribution is 7.09. The van der Waals surface area contributed by atoms with Gasteiger partial charge in [-0.05, 0) is 23.4 Å². The Morgan fingerprint density at radius 3 is 2.80 bits per heavy atom. The van der Waals surface area contributed by atoms with Gasteiger partial charge in [0.25, 0.3) is 0 Å². The highest BCUT2D eigenvalue weighted by Crippen LogP contribution is 2.16. The summed E-state index contributed by atoms with van der Waals surface area (Å²) < 4.78 is 0. The van der Waals surface area contributed by atoms with Crippen molar-refractivity contribution >= 4 is 17.3 Å². The number of thiophene rings is 1. The van der Waals surface area contributed by atoms with E-state index in [2.05, 4.69) is 61.9 Å². The Bertz CT molecular complexity index is 792. The molecule has 0 bridgehead atoms. The molecule has 5 nitrogen and oxygen atoms in total. The second-order valence-corrected chi connectivity index (χ2v) is 6.79. The third-order valence-electron chi connectivity index (χ3n) is 3.97. The Morgan fingerprint density at radius 1 is 1.24 bits per heavy atom.